The van der Waals surface area contributed by atoms with Gasteiger partial charge in [-0.05, 0) is 37.3 Å². The van der Waals surface area contributed by atoms with E-state index in [4.69, 9.17) is 4.74 Å². The molecule has 2 aliphatic rings. The van der Waals surface area contributed by atoms with E-state index in [9.17, 15) is 9.59 Å². The Morgan fingerprint density at radius 1 is 1.33 bits per heavy atom. The van der Waals surface area contributed by atoms with Gasteiger partial charge in [0.2, 0.25) is 5.91 Å². The fourth-order valence-corrected chi connectivity index (χ4v) is 3.97. The molecule has 4 nitrogen and oxygen atoms in total. The molecular formula is C17H21NO3. The molecule has 2 fully saturated rings. The zero-order valence-electron chi connectivity index (χ0n) is 12.7. The van der Waals surface area contributed by atoms with E-state index in [1.165, 1.54) is 0 Å². The van der Waals surface area contributed by atoms with E-state index >= 15 is 0 Å². The van der Waals surface area contributed by atoms with Gasteiger partial charge in [-0.1, -0.05) is 26.0 Å². The number of methoxy groups -OCH3 is 1. The van der Waals surface area contributed by atoms with Gasteiger partial charge in [0.1, 0.15) is 11.2 Å². The molecule has 1 amide bonds. The Hall–Kier alpha value is -1.84. The first-order valence-electron chi connectivity index (χ1n) is 7.41. The lowest BCUT2D eigenvalue weighted by Crippen LogP contribution is -2.44. The van der Waals surface area contributed by atoms with E-state index in [-0.39, 0.29) is 17.1 Å². The molecule has 3 rings (SSSR count). The Balaban J connectivity index is 1.88. The van der Waals surface area contributed by atoms with Crippen molar-refractivity contribution in [1.29, 1.82) is 0 Å². The molecule has 1 aromatic rings. The summed E-state index contributed by atoms with van der Waals surface area (Å²) >= 11 is 0. The highest BCUT2D eigenvalue weighted by atomic mass is 16.5. The zero-order chi connectivity index (χ0) is 15.3. The average molecular weight is 287 g/mol. The number of carbonyl (C=O) groups is 2. The maximum atomic E-state index is 12.8. The van der Waals surface area contributed by atoms with Crippen LogP contribution in [0.2, 0.25) is 0 Å². The van der Waals surface area contributed by atoms with E-state index in [2.05, 4.69) is 5.32 Å². The molecule has 0 unspecified atom stereocenters. The van der Waals surface area contributed by atoms with Crippen molar-refractivity contribution < 1.29 is 14.3 Å². The fourth-order valence-electron chi connectivity index (χ4n) is 3.97. The number of rotatable bonds is 3. The summed E-state index contributed by atoms with van der Waals surface area (Å²) in [4.78, 5) is 25.5. The number of ketones is 1. The Morgan fingerprint density at radius 3 is 2.67 bits per heavy atom. The fraction of sp³-hybridized carbons (Fsp3) is 0.529. The van der Waals surface area contributed by atoms with Gasteiger partial charge in [0.05, 0.1) is 12.8 Å². The van der Waals surface area contributed by atoms with Gasteiger partial charge in [-0.2, -0.15) is 0 Å². The molecule has 0 aliphatic heterocycles. The largest absolute Gasteiger partial charge is 0.495 e. The minimum atomic E-state index is -0.838. The summed E-state index contributed by atoms with van der Waals surface area (Å²) in [5.74, 6) is 0.860. The molecule has 0 spiro atoms. The molecule has 0 saturated heterocycles. The first kappa shape index (κ1) is 14.1. The average Bonchev–Trinajstić information content (AvgIpc) is 3.00. The van der Waals surface area contributed by atoms with Crippen molar-refractivity contribution in [3.05, 3.63) is 24.3 Å². The topological polar surface area (TPSA) is 55.4 Å². The first-order chi connectivity index (χ1) is 9.91. The summed E-state index contributed by atoms with van der Waals surface area (Å²) in [5.41, 5.74) is -0.592. The van der Waals surface area contributed by atoms with Crippen LogP contribution < -0.4 is 10.1 Å². The molecule has 4 heteroatoms. The smallest absolute Gasteiger partial charge is 0.238 e. The third-order valence-corrected chi connectivity index (χ3v) is 5.34. The predicted octanol–water partition coefficient (Wildman–Crippen LogP) is 3.03. The number of fused-ring (bicyclic) bond motifs is 2. The number of benzene rings is 1. The van der Waals surface area contributed by atoms with Crippen LogP contribution in [-0.4, -0.2) is 18.8 Å². The summed E-state index contributed by atoms with van der Waals surface area (Å²) in [7, 11) is 1.57. The summed E-state index contributed by atoms with van der Waals surface area (Å²) in [5, 5.41) is 2.91. The Morgan fingerprint density at radius 2 is 2.05 bits per heavy atom. The van der Waals surface area contributed by atoms with Crippen molar-refractivity contribution in [3.63, 3.8) is 0 Å². The molecular weight excluding hydrogens is 266 g/mol. The van der Waals surface area contributed by atoms with Gasteiger partial charge >= 0.3 is 0 Å². The molecule has 0 radical (unpaired) electrons. The Bertz CT molecular complexity index is 608. The number of hydrogen-bond donors (Lipinski definition) is 1. The molecule has 1 N–H and O–H groups in total. The van der Waals surface area contributed by atoms with Gasteiger partial charge in [0.15, 0.2) is 5.78 Å². The third kappa shape index (κ3) is 1.88. The van der Waals surface area contributed by atoms with Crippen molar-refractivity contribution in [2.24, 2.45) is 16.7 Å². The van der Waals surface area contributed by atoms with E-state index in [0.717, 1.165) is 6.42 Å². The normalized spacial score (nSPS) is 29.5. The molecule has 1 aromatic carbocycles. The molecule has 21 heavy (non-hydrogen) atoms. The van der Waals surface area contributed by atoms with Gasteiger partial charge in [0.25, 0.3) is 0 Å². The number of amides is 1. The van der Waals surface area contributed by atoms with Crippen LogP contribution in [0.15, 0.2) is 24.3 Å². The van der Waals surface area contributed by atoms with Gasteiger partial charge in [-0.15, -0.1) is 0 Å². The summed E-state index contributed by atoms with van der Waals surface area (Å²) in [6, 6.07) is 7.28. The summed E-state index contributed by atoms with van der Waals surface area (Å²) in [6.45, 7) is 3.94. The highest BCUT2D eigenvalue weighted by Gasteiger charge is 2.65. The van der Waals surface area contributed by atoms with Gasteiger partial charge in [-0.3, -0.25) is 9.59 Å². The molecule has 2 bridgehead atoms. The maximum absolute atomic E-state index is 12.8. The number of carbonyl (C=O) groups excluding carboxylic acids is 2. The lowest BCUT2D eigenvalue weighted by molar-refractivity contribution is -0.142. The molecule has 0 aromatic heterocycles. The standard InChI is InChI=1S/C17H21NO3/c1-16(2)11-8-9-17(10-11,14(16)19)15(20)18-12-6-4-5-7-13(12)21-3/h4-7,11H,8-10H2,1-3H3,(H,18,20)/t11-,17+/m1/s1. The van der Waals surface area contributed by atoms with E-state index in [1.54, 1.807) is 19.2 Å². The lowest BCUT2D eigenvalue weighted by atomic mass is 9.70. The predicted molar refractivity (Wildman–Crippen MR) is 80.2 cm³/mol. The van der Waals surface area contributed by atoms with E-state index < -0.39 is 5.41 Å². The van der Waals surface area contributed by atoms with E-state index in [0.29, 0.717) is 30.2 Å². The van der Waals surface area contributed by atoms with Gasteiger partial charge in [-0.25, -0.2) is 0 Å². The number of ether oxygens (including phenoxy) is 1. The van der Waals surface area contributed by atoms with Gasteiger partial charge < -0.3 is 10.1 Å². The van der Waals surface area contributed by atoms with Crippen molar-refractivity contribution >= 4 is 17.4 Å². The van der Waals surface area contributed by atoms with Crippen molar-refractivity contribution in [3.8, 4) is 5.75 Å². The highest BCUT2D eigenvalue weighted by molar-refractivity contribution is 6.15. The van der Waals surface area contributed by atoms with Crippen molar-refractivity contribution in [1.82, 2.24) is 0 Å². The van der Waals surface area contributed by atoms with E-state index in [1.807, 2.05) is 26.0 Å². The zero-order valence-corrected chi connectivity index (χ0v) is 12.7. The van der Waals surface area contributed by atoms with Crippen molar-refractivity contribution in [2.45, 2.75) is 33.1 Å². The molecule has 0 heterocycles. The lowest BCUT2D eigenvalue weighted by Gasteiger charge is -2.32. The number of anilines is 1. The van der Waals surface area contributed by atoms with Crippen LogP contribution in [0.1, 0.15) is 33.1 Å². The Labute approximate surface area is 124 Å². The Kier molecular flexibility index (Phi) is 3.08. The number of para-hydroxylation sites is 2. The molecule has 2 saturated carbocycles. The van der Waals surface area contributed by atoms with Crippen molar-refractivity contribution in [2.75, 3.05) is 12.4 Å². The first-order valence-corrected chi connectivity index (χ1v) is 7.41. The monoisotopic (exact) mass is 287 g/mol. The second-order valence-corrected chi connectivity index (χ2v) is 6.73. The molecule has 2 atom stereocenters. The second kappa shape index (κ2) is 4.58. The molecule has 2 aliphatic carbocycles. The quantitative estimate of drug-likeness (QED) is 0.869. The van der Waals surface area contributed by atoms with Crippen LogP contribution in [0.25, 0.3) is 0 Å². The highest BCUT2D eigenvalue weighted by Crippen LogP contribution is 2.60. The maximum Gasteiger partial charge on any atom is 0.238 e. The van der Waals surface area contributed by atoms with Crippen LogP contribution in [0.3, 0.4) is 0 Å². The van der Waals surface area contributed by atoms with Crippen LogP contribution in [0.5, 0.6) is 5.75 Å². The molecule has 112 valence electrons. The minimum absolute atomic E-state index is 0.0960. The minimum Gasteiger partial charge on any atom is -0.495 e. The number of Topliss-reactive ketones (excluding diaryl/α,β-unsaturated/α-hetero) is 1. The number of nitrogens with one attached hydrogen (secondary N) is 1. The van der Waals surface area contributed by atoms with Gasteiger partial charge in [0, 0.05) is 5.41 Å². The summed E-state index contributed by atoms with van der Waals surface area (Å²) < 4.78 is 5.25. The van der Waals surface area contributed by atoms with Crippen LogP contribution >= 0.6 is 0 Å². The van der Waals surface area contributed by atoms with Crippen LogP contribution in [0.4, 0.5) is 5.69 Å². The summed E-state index contributed by atoms with van der Waals surface area (Å²) in [6.07, 6.45) is 2.30. The third-order valence-electron chi connectivity index (χ3n) is 5.34. The second-order valence-electron chi connectivity index (χ2n) is 6.73. The van der Waals surface area contributed by atoms with Crippen LogP contribution in [-0.2, 0) is 9.59 Å². The number of hydrogen-bond acceptors (Lipinski definition) is 3. The SMILES string of the molecule is COc1ccccc1NC(=O)[C@@]12CC[C@H](C1)C(C)(C)C2=O. The van der Waals surface area contributed by atoms with Crippen LogP contribution in [0, 0.1) is 16.7 Å².